The van der Waals surface area contributed by atoms with Crippen LogP contribution >= 0.6 is 11.6 Å². The fraction of sp³-hybridized carbons (Fsp3) is 0.538. The highest BCUT2D eigenvalue weighted by Gasteiger charge is 2.22. The Morgan fingerprint density at radius 1 is 1.25 bits per heavy atom. The highest BCUT2D eigenvalue weighted by atomic mass is 35.5. The smallest absolute Gasteiger partial charge is 0.123 e. The summed E-state index contributed by atoms with van der Waals surface area (Å²) in [5.41, 5.74) is 0.850. The van der Waals surface area contributed by atoms with E-state index in [2.05, 4.69) is 0 Å². The summed E-state index contributed by atoms with van der Waals surface area (Å²) < 4.78 is 13.2. The number of benzene rings is 1. The van der Waals surface area contributed by atoms with Gasteiger partial charge in [-0.05, 0) is 48.9 Å². The van der Waals surface area contributed by atoms with Crippen LogP contribution in [0.15, 0.2) is 18.2 Å². The summed E-state index contributed by atoms with van der Waals surface area (Å²) in [7, 11) is 0. The molecule has 88 valence electrons. The van der Waals surface area contributed by atoms with Crippen LogP contribution in [0.2, 0.25) is 5.02 Å². The molecule has 1 aliphatic rings. The molecule has 3 heteroatoms. The van der Waals surface area contributed by atoms with Crippen molar-refractivity contribution >= 4 is 11.6 Å². The van der Waals surface area contributed by atoms with Gasteiger partial charge in [0.05, 0.1) is 6.10 Å². The van der Waals surface area contributed by atoms with Crippen molar-refractivity contribution in [3.8, 4) is 0 Å². The number of aliphatic hydroxyl groups is 1. The molecule has 1 aromatic rings. The molecule has 0 amide bonds. The number of rotatable bonds is 1. The minimum atomic E-state index is -0.271. The number of aliphatic hydroxyl groups excluding tert-OH is 1. The molecule has 1 aliphatic carbocycles. The molecule has 0 aliphatic heterocycles. The van der Waals surface area contributed by atoms with Gasteiger partial charge in [0.1, 0.15) is 5.82 Å². The molecule has 0 aromatic heterocycles. The van der Waals surface area contributed by atoms with Crippen LogP contribution in [0.4, 0.5) is 4.39 Å². The lowest BCUT2D eigenvalue weighted by Gasteiger charge is -2.18. The van der Waals surface area contributed by atoms with Gasteiger partial charge in [0.2, 0.25) is 0 Å². The summed E-state index contributed by atoms with van der Waals surface area (Å²) in [5, 5.41) is 10.4. The van der Waals surface area contributed by atoms with Gasteiger partial charge in [-0.1, -0.05) is 24.4 Å². The Bertz CT molecular complexity index is 367. The maximum absolute atomic E-state index is 13.2. The van der Waals surface area contributed by atoms with E-state index in [4.69, 9.17) is 11.6 Å². The second kappa shape index (κ2) is 5.15. The van der Waals surface area contributed by atoms with E-state index in [-0.39, 0.29) is 17.8 Å². The van der Waals surface area contributed by atoms with Crippen LogP contribution in [0.25, 0.3) is 0 Å². The van der Waals surface area contributed by atoms with Crippen LogP contribution in [0.5, 0.6) is 0 Å². The normalized spacial score (nSPS) is 26.4. The van der Waals surface area contributed by atoms with Crippen LogP contribution in [-0.4, -0.2) is 11.2 Å². The van der Waals surface area contributed by atoms with Gasteiger partial charge in [0.15, 0.2) is 0 Å². The minimum absolute atomic E-state index is 0.195. The van der Waals surface area contributed by atoms with Crippen molar-refractivity contribution < 1.29 is 9.50 Å². The van der Waals surface area contributed by atoms with Gasteiger partial charge in [-0.3, -0.25) is 0 Å². The van der Waals surface area contributed by atoms with Gasteiger partial charge in [0.25, 0.3) is 0 Å². The fourth-order valence-electron chi connectivity index (χ4n) is 2.44. The molecule has 2 unspecified atom stereocenters. The monoisotopic (exact) mass is 242 g/mol. The molecule has 0 radical (unpaired) electrons. The Balaban J connectivity index is 2.24. The summed E-state index contributed by atoms with van der Waals surface area (Å²) in [5.74, 6) is -0.0566. The molecule has 16 heavy (non-hydrogen) atoms. The number of hydrogen-bond acceptors (Lipinski definition) is 1. The lowest BCUT2D eigenvalue weighted by atomic mass is 9.91. The summed E-state index contributed by atoms with van der Waals surface area (Å²) in [6.45, 7) is 0. The van der Waals surface area contributed by atoms with Gasteiger partial charge >= 0.3 is 0 Å². The van der Waals surface area contributed by atoms with E-state index in [0.717, 1.165) is 31.2 Å². The molecule has 2 rings (SSSR count). The molecule has 0 spiro atoms. The lowest BCUT2D eigenvalue weighted by Crippen LogP contribution is -2.09. The molecule has 0 heterocycles. The van der Waals surface area contributed by atoms with Gasteiger partial charge in [-0.15, -0.1) is 0 Å². The molecular formula is C13H16ClFO. The molecule has 1 nitrogen and oxygen atoms in total. The highest BCUT2D eigenvalue weighted by Crippen LogP contribution is 2.35. The van der Waals surface area contributed by atoms with Crippen molar-refractivity contribution in [1.29, 1.82) is 0 Å². The van der Waals surface area contributed by atoms with Crippen LogP contribution in [0.1, 0.15) is 43.6 Å². The third-order valence-electron chi connectivity index (χ3n) is 3.29. The predicted octanol–water partition coefficient (Wildman–Crippen LogP) is 3.89. The Hall–Kier alpha value is -0.600. The summed E-state index contributed by atoms with van der Waals surface area (Å²) in [4.78, 5) is 0. The number of halogens is 2. The van der Waals surface area contributed by atoms with Crippen LogP contribution in [-0.2, 0) is 0 Å². The maximum atomic E-state index is 13.2. The first-order chi connectivity index (χ1) is 7.66. The number of hydrogen-bond donors (Lipinski definition) is 1. The first kappa shape index (κ1) is 11.9. The largest absolute Gasteiger partial charge is 0.393 e. The van der Waals surface area contributed by atoms with Crippen LogP contribution in [0.3, 0.4) is 0 Å². The second-order valence-corrected chi connectivity index (χ2v) is 4.94. The first-order valence-corrected chi connectivity index (χ1v) is 6.17. The molecule has 1 fully saturated rings. The average molecular weight is 243 g/mol. The van der Waals surface area contributed by atoms with E-state index in [1.54, 1.807) is 6.07 Å². The topological polar surface area (TPSA) is 20.2 Å². The molecule has 0 bridgehead atoms. The summed E-state index contributed by atoms with van der Waals surface area (Å²) >= 11 is 6.08. The Morgan fingerprint density at radius 2 is 2.00 bits per heavy atom. The summed E-state index contributed by atoms with van der Waals surface area (Å²) in [6.07, 6.45) is 4.39. The zero-order valence-electron chi connectivity index (χ0n) is 9.13. The maximum Gasteiger partial charge on any atom is 0.123 e. The Labute approximate surface area is 100 Å². The van der Waals surface area contributed by atoms with E-state index in [0.29, 0.717) is 11.4 Å². The lowest BCUT2D eigenvalue weighted by molar-refractivity contribution is 0.152. The molecule has 0 saturated heterocycles. The highest BCUT2D eigenvalue weighted by molar-refractivity contribution is 6.31. The van der Waals surface area contributed by atoms with Crippen molar-refractivity contribution in [1.82, 2.24) is 0 Å². The zero-order valence-corrected chi connectivity index (χ0v) is 9.88. The van der Waals surface area contributed by atoms with E-state index >= 15 is 0 Å². The fourth-order valence-corrected chi connectivity index (χ4v) is 2.72. The minimum Gasteiger partial charge on any atom is -0.393 e. The van der Waals surface area contributed by atoms with Crippen molar-refractivity contribution in [2.75, 3.05) is 0 Å². The van der Waals surface area contributed by atoms with Crippen LogP contribution < -0.4 is 0 Å². The van der Waals surface area contributed by atoms with Gasteiger partial charge in [-0.2, -0.15) is 0 Å². The first-order valence-electron chi connectivity index (χ1n) is 5.80. The Kier molecular flexibility index (Phi) is 3.82. The molecule has 2 atom stereocenters. The third-order valence-corrected chi connectivity index (χ3v) is 3.64. The van der Waals surface area contributed by atoms with E-state index in [1.807, 2.05) is 0 Å². The quantitative estimate of drug-likeness (QED) is 0.741. The molecule has 1 N–H and O–H groups in total. The second-order valence-electron chi connectivity index (χ2n) is 4.54. The molecule has 1 saturated carbocycles. The van der Waals surface area contributed by atoms with Crippen molar-refractivity contribution in [3.05, 3.63) is 34.6 Å². The standard InChI is InChI=1S/C13H16ClFO/c14-13-6-5-10(15)8-12(13)9-3-1-2-4-11(16)7-9/h5-6,8-9,11,16H,1-4,7H2. The van der Waals surface area contributed by atoms with Crippen LogP contribution in [0, 0.1) is 5.82 Å². The molecule has 1 aromatic carbocycles. The van der Waals surface area contributed by atoms with Gasteiger partial charge in [0, 0.05) is 5.02 Å². The SMILES string of the molecule is OC1CCCCC(c2cc(F)ccc2Cl)C1. The van der Waals surface area contributed by atoms with E-state index < -0.39 is 0 Å². The Morgan fingerprint density at radius 3 is 2.81 bits per heavy atom. The van der Waals surface area contributed by atoms with Crippen molar-refractivity contribution in [2.45, 2.75) is 44.1 Å². The molecular weight excluding hydrogens is 227 g/mol. The zero-order chi connectivity index (χ0) is 11.5. The predicted molar refractivity (Wildman–Crippen MR) is 63.2 cm³/mol. The third kappa shape index (κ3) is 2.74. The van der Waals surface area contributed by atoms with E-state index in [1.165, 1.54) is 12.1 Å². The van der Waals surface area contributed by atoms with Crippen molar-refractivity contribution in [2.24, 2.45) is 0 Å². The average Bonchev–Trinajstić information content (AvgIpc) is 2.46. The van der Waals surface area contributed by atoms with Gasteiger partial charge < -0.3 is 5.11 Å². The summed E-state index contributed by atoms with van der Waals surface area (Å²) in [6, 6.07) is 4.48. The van der Waals surface area contributed by atoms with E-state index in [9.17, 15) is 9.50 Å². The van der Waals surface area contributed by atoms with Crippen molar-refractivity contribution in [3.63, 3.8) is 0 Å². The van der Waals surface area contributed by atoms with Gasteiger partial charge in [-0.25, -0.2) is 4.39 Å².